The van der Waals surface area contributed by atoms with Gasteiger partial charge in [-0.25, -0.2) is 4.98 Å². The Labute approximate surface area is 136 Å². The van der Waals surface area contributed by atoms with E-state index in [-0.39, 0.29) is 5.91 Å². The molecule has 6 nitrogen and oxygen atoms in total. The summed E-state index contributed by atoms with van der Waals surface area (Å²) < 4.78 is 7.34. The number of rotatable bonds is 5. The van der Waals surface area contributed by atoms with Crippen LogP contribution in [0.15, 0.2) is 23.0 Å². The van der Waals surface area contributed by atoms with Gasteiger partial charge in [-0.1, -0.05) is 5.16 Å². The fourth-order valence-electron chi connectivity index (χ4n) is 3.31. The van der Waals surface area contributed by atoms with Gasteiger partial charge in [-0.15, -0.1) is 0 Å². The van der Waals surface area contributed by atoms with Crippen molar-refractivity contribution in [3.63, 3.8) is 0 Å². The van der Waals surface area contributed by atoms with E-state index in [1.165, 1.54) is 6.42 Å². The number of hydrogen-bond donors (Lipinski definition) is 0. The van der Waals surface area contributed by atoms with Crippen LogP contribution in [0.3, 0.4) is 0 Å². The molecular formula is C17H24N4O2. The molecule has 124 valence electrons. The number of aryl methyl sites for hydroxylation is 3. The Morgan fingerprint density at radius 2 is 2.26 bits per heavy atom. The molecule has 0 aromatic carbocycles. The Balaban J connectivity index is 1.61. The van der Waals surface area contributed by atoms with Crippen molar-refractivity contribution >= 4 is 5.91 Å². The lowest BCUT2D eigenvalue weighted by atomic mass is 9.98. The number of piperidine rings is 1. The minimum atomic E-state index is 0.146. The van der Waals surface area contributed by atoms with E-state index in [1.54, 1.807) is 0 Å². The first-order chi connectivity index (χ1) is 11.1. The molecule has 1 aliphatic heterocycles. The highest BCUT2D eigenvalue weighted by molar-refractivity contribution is 5.78. The molecule has 1 amide bonds. The van der Waals surface area contributed by atoms with Gasteiger partial charge in [0.2, 0.25) is 5.91 Å². The van der Waals surface area contributed by atoms with E-state index < -0.39 is 0 Å². The van der Waals surface area contributed by atoms with Crippen molar-refractivity contribution in [2.24, 2.45) is 0 Å². The average Bonchev–Trinajstić information content (AvgIpc) is 3.14. The standard InChI is InChI=1S/C17H24N4O2/c1-13-11-16(23-19-13)12-17(22)21-8-4-3-5-15(21)6-9-20-10-7-18-14(20)2/h7,10-11,15H,3-6,8-9,12H2,1-2H3. The first-order valence-corrected chi connectivity index (χ1v) is 8.33. The molecular weight excluding hydrogens is 292 g/mol. The number of amides is 1. The molecule has 1 aliphatic rings. The van der Waals surface area contributed by atoms with Crippen LogP contribution in [-0.4, -0.2) is 38.1 Å². The molecule has 2 aromatic rings. The Bertz CT molecular complexity index is 661. The van der Waals surface area contributed by atoms with Gasteiger partial charge in [0.05, 0.1) is 12.1 Å². The second-order valence-electron chi connectivity index (χ2n) is 6.30. The number of likely N-dealkylation sites (tertiary alicyclic amines) is 1. The average molecular weight is 316 g/mol. The second-order valence-corrected chi connectivity index (χ2v) is 6.30. The van der Waals surface area contributed by atoms with Gasteiger partial charge in [0.1, 0.15) is 11.6 Å². The first kappa shape index (κ1) is 15.8. The van der Waals surface area contributed by atoms with Crippen LogP contribution < -0.4 is 0 Å². The van der Waals surface area contributed by atoms with Crippen molar-refractivity contribution in [3.8, 4) is 0 Å². The summed E-state index contributed by atoms with van der Waals surface area (Å²) in [4.78, 5) is 18.9. The number of carbonyl (C=O) groups excluding carboxylic acids is 1. The highest BCUT2D eigenvalue weighted by Crippen LogP contribution is 2.22. The fourth-order valence-corrected chi connectivity index (χ4v) is 3.31. The van der Waals surface area contributed by atoms with Crippen LogP contribution >= 0.6 is 0 Å². The van der Waals surface area contributed by atoms with Crippen LogP contribution in [0.1, 0.15) is 43.0 Å². The molecule has 23 heavy (non-hydrogen) atoms. The molecule has 0 spiro atoms. The number of imidazole rings is 1. The number of hydrogen-bond acceptors (Lipinski definition) is 4. The molecule has 3 heterocycles. The molecule has 1 saturated heterocycles. The van der Waals surface area contributed by atoms with Gasteiger partial charge in [-0.05, 0) is 39.5 Å². The molecule has 2 aromatic heterocycles. The third-order valence-electron chi connectivity index (χ3n) is 4.58. The van der Waals surface area contributed by atoms with E-state index in [4.69, 9.17) is 4.52 Å². The molecule has 3 rings (SSSR count). The van der Waals surface area contributed by atoms with Gasteiger partial charge in [-0.3, -0.25) is 4.79 Å². The topological polar surface area (TPSA) is 64.2 Å². The molecule has 0 N–H and O–H groups in total. The predicted molar refractivity (Wildman–Crippen MR) is 85.9 cm³/mol. The van der Waals surface area contributed by atoms with Gasteiger partial charge in [0, 0.05) is 37.6 Å². The zero-order valence-corrected chi connectivity index (χ0v) is 13.9. The maximum Gasteiger partial charge on any atom is 0.230 e. The summed E-state index contributed by atoms with van der Waals surface area (Å²) in [6.45, 7) is 5.63. The predicted octanol–water partition coefficient (Wildman–Crippen LogP) is 2.50. The Hall–Kier alpha value is -2.11. The van der Waals surface area contributed by atoms with Crippen molar-refractivity contribution in [2.75, 3.05) is 6.54 Å². The van der Waals surface area contributed by atoms with Crippen molar-refractivity contribution in [3.05, 3.63) is 35.7 Å². The van der Waals surface area contributed by atoms with Crippen LogP contribution in [-0.2, 0) is 17.8 Å². The van der Waals surface area contributed by atoms with Crippen LogP contribution in [0.25, 0.3) is 0 Å². The maximum absolute atomic E-state index is 12.6. The van der Waals surface area contributed by atoms with Gasteiger partial charge in [0.25, 0.3) is 0 Å². The third-order valence-corrected chi connectivity index (χ3v) is 4.58. The summed E-state index contributed by atoms with van der Waals surface area (Å²) in [6.07, 6.45) is 8.46. The SMILES string of the molecule is Cc1cc(CC(=O)N2CCCCC2CCn2ccnc2C)on1. The molecule has 0 bridgehead atoms. The van der Waals surface area contributed by atoms with Crippen molar-refractivity contribution < 1.29 is 9.32 Å². The van der Waals surface area contributed by atoms with Crippen LogP contribution in [0.2, 0.25) is 0 Å². The van der Waals surface area contributed by atoms with Crippen LogP contribution in [0, 0.1) is 13.8 Å². The van der Waals surface area contributed by atoms with Gasteiger partial charge in [-0.2, -0.15) is 0 Å². The smallest absolute Gasteiger partial charge is 0.230 e. The summed E-state index contributed by atoms with van der Waals surface area (Å²) in [5.74, 6) is 1.83. The van der Waals surface area contributed by atoms with E-state index in [1.807, 2.05) is 37.2 Å². The molecule has 1 atom stereocenters. The van der Waals surface area contributed by atoms with Crippen molar-refractivity contribution in [2.45, 2.75) is 58.5 Å². The van der Waals surface area contributed by atoms with E-state index in [2.05, 4.69) is 14.7 Å². The summed E-state index contributed by atoms with van der Waals surface area (Å²) in [5.41, 5.74) is 0.818. The molecule has 0 aliphatic carbocycles. The Morgan fingerprint density at radius 1 is 1.39 bits per heavy atom. The van der Waals surface area contributed by atoms with Crippen LogP contribution in [0.4, 0.5) is 0 Å². The normalized spacial score (nSPS) is 18.3. The van der Waals surface area contributed by atoms with E-state index >= 15 is 0 Å². The van der Waals surface area contributed by atoms with Crippen molar-refractivity contribution in [1.82, 2.24) is 19.6 Å². The van der Waals surface area contributed by atoms with Crippen LogP contribution in [0.5, 0.6) is 0 Å². The molecule has 6 heteroatoms. The first-order valence-electron chi connectivity index (χ1n) is 8.33. The summed E-state index contributed by atoms with van der Waals surface area (Å²) >= 11 is 0. The summed E-state index contributed by atoms with van der Waals surface area (Å²) in [6, 6.07) is 2.15. The van der Waals surface area contributed by atoms with E-state index in [9.17, 15) is 4.79 Å². The molecule has 0 radical (unpaired) electrons. The minimum absolute atomic E-state index is 0.146. The Kier molecular flexibility index (Phi) is 4.79. The maximum atomic E-state index is 12.6. The fraction of sp³-hybridized carbons (Fsp3) is 0.588. The van der Waals surface area contributed by atoms with E-state index in [0.717, 1.165) is 43.9 Å². The quantitative estimate of drug-likeness (QED) is 0.850. The lowest BCUT2D eigenvalue weighted by molar-refractivity contribution is -0.134. The molecule has 0 saturated carbocycles. The van der Waals surface area contributed by atoms with Gasteiger partial charge < -0.3 is 14.0 Å². The summed E-state index contributed by atoms with van der Waals surface area (Å²) in [5, 5.41) is 3.86. The minimum Gasteiger partial charge on any atom is -0.361 e. The van der Waals surface area contributed by atoms with Crippen molar-refractivity contribution in [1.29, 1.82) is 0 Å². The molecule has 1 unspecified atom stereocenters. The second kappa shape index (κ2) is 6.98. The zero-order chi connectivity index (χ0) is 16.2. The lowest BCUT2D eigenvalue weighted by Crippen LogP contribution is -2.44. The monoisotopic (exact) mass is 316 g/mol. The largest absolute Gasteiger partial charge is 0.361 e. The highest BCUT2D eigenvalue weighted by atomic mass is 16.5. The third kappa shape index (κ3) is 3.81. The van der Waals surface area contributed by atoms with Gasteiger partial charge >= 0.3 is 0 Å². The van der Waals surface area contributed by atoms with E-state index in [0.29, 0.717) is 18.2 Å². The lowest BCUT2D eigenvalue weighted by Gasteiger charge is -2.36. The number of nitrogens with zero attached hydrogens (tertiary/aromatic N) is 4. The number of carbonyl (C=O) groups is 1. The number of aromatic nitrogens is 3. The highest BCUT2D eigenvalue weighted by Gasteiger charge is 2.27. The summed E-state index contributed by atoms with van der Waals surface area (Å²) in [7, 11) is 0. The Morgan fingerprint density at radius 3 is 2.96 bits per heavy atom. The van der Waals surface area contributed by atoms with Gasteiger partial charge in [0.15, 0.2) is 0 Å². The molecule has 1 fully saturated rings. The zero-order valence-electron chi connectivity index (χ0n) is 13.9.